The molecule has 1 saturated heterocycles. The van der Waals surface area contributed by atoms with Crippen LogP contribution in [0.2, 0.25) is 0 Å². The van der Waals surface area contributed by atoms with E-state index in [9.17, 15) is 19.6 Å². The number of carbonyl (C=O) groups excluding carboxylic acids is 2. The fourth-order valence-electron chi connectivity index (χ4n) is 4.96. The molecule has 166 valence electrons. The van der Waals surface area contributed by atoms with E-state index in [2.05, 4.69) is 0 Å². The highest BCUT2D eigenvalue weighted by atomic mass is 16.5. The minimum Gasteiger partial charge on any atom is -0.465 e. The van der Waals surface area contributed by atoms with Crippen LogP contribution < -0.4 is 5.59 Å². The molecule has 1 aliphatic heterocycles. The van der Waals surface area contributed by atoms with Crippen LogP contribution in [0.1, 0.15) is 53.9 Å². The lowest BCUT2D eigenvalue weighted by atomic mass is 9.74. The molecule has 1 amide bonds. The van der Waals surface area contributed by atoms with Crippen LogP contribution in [-0.2, 0) is 20.8 Å². The number of rotatable bonds is 5. The van der Waals surface area contributed by atoms with Gasteiger partial charge in [-0.05, 0) is 36.5 Å². The molecular formula is C22H29BN2O6. The van der Waals surface area contributed by atoms with Gasteiger partial charge in [0.25, 0.3) is 0 Å². The molecule has 1 aromatic carbocycles. The Hall–Kier alpha value is -2.36. The molecule has 31 heavy (non-hydrogen) atoms. The second kappa shape index (κ2) is 9.42. The molecule has 4 rings (SSSR count). The number of hydrogen-bond donors (Lipinski definition) is 2. The van der Waals surface area contributed by atoms with Gasteiger partial charge in [-0.1, -0.05) is 25.3 Å². The predicted octanol–water partition coefficient (Wildman–Crippen LogP) is 1.01. The van der Waals surface area contributed by atoms with Crippen molar-refractivity contribution in [3.05, 3.63) is 29.3 Å². The summed E-state index contributed by atoms with van der Waals surface area (Å²) in [5.74, 6) is -0.392. The number of aromatic nitrogens is 1. The number of amides is 1. The van der Waals surface area contributed by atoms with E-state index in [1.165, 1.54) is 13.5 Å². The lowest BCUT2D eigenvalue weighted by molar-refractivity contribution is -0.135. The second-order valence-electron chi connectivity index (χ2n) is 8.31. The van der Waals surface area contributed by atoms with Gasteiger partial charge in [0.15, 0.2) is 0 Å². The van der Waals surface area contributed by atoms with E-state index in [1.807, 2.05) is 6.07 Å². The van der Waals surface area contributed by atoms with Crippen molar-refractivity contribution < 1.29 is 29.1 Å². The maximum Gasteiger partial charge on any atom is 0.506 e. The Bertz CT molecular complexity index is 961. The van der Waals surface area contributed by atoms with Crippen molar-refractivity contribution in [2.75, 3.05) is 33.4 Å². The molecule has 2 aliphatic rings. The molecule has 9 heteroatoms. The van der Waals surface area contributed by atoms with E-state index in [4.69, 9.17) is 9.47 Å². The van der Waals surface area contributed by atoms with E-state index in [0.29, 0.717) is 43.0 Å². The van der Waals surface area contributed by atoms with Gasteiger partial charge in [0, 0.05) is 24.0 Å². The molecule has 2 aromatic rings. The third-order valence-corrected chi connectivity index (χ3v) is 6.48. The third kappa shape index (κ3) is 4.35. The van der Waals surface area contributed by atoms with Crippen LogP contribution >= 0.6 is 0 Å². The van der Waals surface area contributed by atoms with Crippen LogP contribution in [-0.4, -0.2) is 71.9 Å². The summed E-state index contributed by atoms with van der Waals surface area (Å²) in [6, 6.07) is 5.22. The summed E-state index contributed by atoms with van der Waals surface area (Å²) in [6.45, 7) is 1.98. The lowest BCUT2D eigenvalue weighted by Gasteiger charge is -2.27. The minimum atomic E-state index is -1.72. The van der Waals surface area contributed by atoms with Crippen LogP contribution in [0.15, 0.2) is 18.2 Å². The SMILES string of the molecule is COC(=O)c1ccc2c(C3CCCCC3)c(B(O)O)n(CC(=O)N3CCOCC3)c2c1. The van der Waals surface area contributed by atoms with Gasteiger partial charge in [0.2, 0.25) is 5.91 Å². The summed E-state index contributed by atoms with van der Waals surface area (Å²) < 4.78 is 11.9. The van der Waals surface area contributed by atoms with Crippen LogP contribution in [0.5, 0.6) is 0 Å². The van der Waals surface area contributed by atoms with Crippen LogP contribution in [0.25, 0.3) is 10.9 Å². The van der Waals surface area contributed by atoms with Crippen LogP contribution in [0.4, 0.5) is 0 Å². The second-order valence-corrected chi connectivity index (χ2v) is 8.31. The average Bonchev–Trinajstić information content (AvgIpc) is 3.13. The highest BCUT2D eigenvalue weighted by Gasteiger charge is 2.32. The predicted molar refractivity (Wildman–Crippen MR) is 116 cm³/mol. The quantitative estimate of drug-likeness (QED) is 0.545. The summed E-state index contributed by atoms with van der Waals surface area (Å²) in [6.07, 6.45) is 5.29. The molecule has 2 N–H and O–H groups in total. The summed E-state index contributed by atoms with van der Waals surface area (Å²) in [5, 5.41) is 21.6. The standard InChI is InChI=1S/C22H29BN2O6/c1-30-22(27)16-7-8-17-18(13-16)25(14-19(26)24-9-11-31-12-10-24)21(23(28)29)20(17)15-5-3-2-4-6-15/h7-8,13,15,28-29H,2-6,9-12,14H2,1H3. The van der Waals surface area contributed by atoms with Crippen molar-refractivity contribution in [2.24, 2.45) is 0 Å². The smallest absolute Gasteiger partial charge is 0.465 e. The summed E-state index contributed by atoms with van der Waals surface area (Å²) in [4.78, 5) is 26.9. The Morgan fingerprint density at radius 1 is 1.16 bits per heavy atom. The number of nitrogens with zero attached hydrogens (tertiary/aromatic N) is 2. The minimum absolute atomic E-state index is 0.0270. The van der Waals surface area contributed by atoms with Crippen LogP contribution in [0.3, 0.4) is 0 Å². The number of benzene rings is 1. The first-order chi connectivity index (χ1) is 15.0. The first kappa shape index (κ1) is 21.9. The number of ether oxygens (including phenoxy) is 2. The Kier molecular flexibility index (Phi) is 6.64. The molecule has 2 fully saturated rings. The molecule has 0 unspecified atom stereocenters. The Morgan fingerprint density at radius 3 is 2.52 bits per heavy atom. The van der Waals surface area contributed by atoms with Gasteiger partial charge >= 0.3 is 13.1 Å². The number of morpholine rings is 1. The topological polar surface area (TPSA) is 101 Å². The Labute approximate surface area is 181 Å². The largest absolute Gasteiger partial charge is 0.506 e. The van der Waals surface area contributed by atoms with E-state index in [0.717, 1.165) is 36.6 Å². The molecule has 1 aliphatic carbocycles. The third-order valence-electron chi connectivity index (χ3n) is 6.48. The van der Waals surface area contributed by atoms with Crippen molar-refractivity contribution in [2.45, 2.75) is 44.6 Å². The average molecular weight is 428 g/mol. The lowest BCUT2D eigenvalue weighted by Crippen LogP contribution is -2.45. The number of esters is 1. The highest BCUT2D eigenvalue weighted by Crippen LogP contribution is 2.37. The molecule has 1 saturated carbocycles. The van der Waals surface area contributed by atoms with E-state index in [1.54, 1.807) is 21.6 Å². The first-order valence-corrected chi connectivity index (χ1v) is 11.0. The Morgan fingerprint density at radius 2 is 1.87 bits per heavy atom. The normalized spacial score (nSPS) is 17.7. The molecular weight excluding hydrogens is 399 g/mol. The van der Waals surface area contributed by atoms with Gasteiger partial charge < -0.3 is 29.0 Å². The van der Waals surface area contributed by atoms with E-state index >= 15 is 0 Å². The highest BCUT2D eigenvalue weighted by molar-refractivity contribution is 6.59. The number of fused-ring (bicyclic) bond motifs is 1. The summed E-state index contributed by atoms with van der Waals surface area (Å²) in [5.41, 5.74) is 2.25. The fraction of sp³-hybridized carbons (Fsp3) is 0.545. The van der Waals surface area contributed by atoms with Crippen molar-refractivity contribution in [1.29, 1.82) is 0 Å². The molecule has 2 heterocycles. The molecule has 8 nitrogen and oxygen atoms in total. The maximum atomic E-state index is 13.0. The summed E-state index contributed by atoms with van der Waals surface area (Å²) >= 11 is 0. The van der Waals surface area contributed by atoms with E-state index < -0.39 is 13.1 Å². The maximum absolute atomic E-state index is 13.0. The first-order valence-electron chi connectivity index (χ1n) is 11.0. The molecule has 0 atom stereocenters. The zero-order valence-electron chi connectivity index (χ0n) is 17.9. The van der Waals surface area contributed by atoms with Gasteiger partial charge in [0.05, 0.1) is 31.5 Å². The monoisotopic (exact) mass is 428 g/mol. The van der Waals surface area contributed by atoms with Gasteiger partial charge in [0.1, 0.15) is 6.54 Å². The van der Waals surface area contributed by atoms with Gasteiger partial charge in [-0.2, -0.15) is 0 Å². The van der Waals surface area contributed by atoms with Crippen molar-refractivity contribution >= 4 is 35.5 Å². The zero-order valence-corrected chi connectivity index (χ0v) is 17.9. The van der Waals surface area contributed by atoms with Gasteiger partial charge in [-0.15, -0.1) is 0 Å². The van der Waals surface area contributed by atoms with Gasteiger partial charge in [-0.3, -0.25) is 4.79 Å². The molecule has 0 bridgehead atoms. The molecule has 0 radical (unpaired) electrons. The van der Waals surface area contributed by atoms with Crippen LogP contribution in [0, 0.1) is 0 Å². The number of hydrogen-bond acceptors (Lipinski definition) is 6. The molecule has 0 spiro atoms. The number of carbonyl (C=O) groups is 2. The van der Waals surface area contributed by atoms with Crippen molar-refractivity contribution in [1.82, 2.24) is 9.47 Å². The fourth-order valence-corrected chi connectivity index (χ4v) is 4.96. The Balaban J connectivity index is 1.84. The zero-order chi connectivity index (χ0) is 22.0. The number of methoxy groups -OCH3 is 1. The van der Waals surface area contributed by atoms with Gasteiger partial charge in [-0.25, -0.2) is 4.79 Å². The van der Waals surface area contributed by atoms with Crippen molar-refractivity contribution in [3.63, 3.8) is 0 Å². The van der Waals surface area contributed by atoms with Crippen molar-refractivity contribution in [3.8, 4) is 0 Å². The van der Waals surface area contributed by atoms with E-state index in [-0.39, 0.29) is 18.4 Å². The summed E-state index contributed by atoms with van der Waals surface area (Å²) in [7, 11) is -0.396. The molecule has 1 aromatic heterocycles.